The van der Waals surface area contributed by atoms with Gasteiger partial charge in [-0.05, 0) is 17.7 Å². The number of benzene rings is 1. The molecule has 0 amide bonds. The van der Waals surface area contributed by atoms with Crippen molar-refractivity contribution in [3.05, 3.63) is 49.6 Å². The van der Waals surface area contributed by atoms with Gasteiger partial charge in [-0.2, -0.15) is 5.10 Å². The maximum Gasteiger partial charge on any atom is 0.0837 e. The fourth-order valence-corrected chi connectivity index (χ4v) is 3.49. The Morgan fingerprint density at radius 3 is 2.85 bits per heavy atom. The number of rotatable bonds is 5. The van der Waals surface area contributed by atoms with Gasteiger partial charge in [0, 0.05) is 16.1 Å². The molecule has 0 aliphatic heterocycles. The molecular formula is C13H14Br2ClN3O. The summed E-state index contributed by atoms with van der Waals surface area (Å²) in [6, 6.07) is 5.51. The van der Waals surface area contributed by atoms with Crippen molar-refractivity contribution in [2.75, 3.05) is 13.7 Å². The minimum absolute atomic E-state index is 0.357. The Morgan fingerprint density at radius 1 is 1.45 bits per heavy atom. The second kappa shape index (κ2) is 7.04. The first-order valence-corrected chi connectivity index (χ1v) is 7.91. The van der Waals surface area contributed by atoms with E-state index in [1.807, 2.05) is 18.2 Å². The highest BCUT2D eigenvalue weighted by Gasteiger charge is 2.20. The maximum absolute atomic E-state index is 6.35. The van der Waals surface area contributed by atoms with Crippen LogP contribution in [-0.4, -0.2) is 23.5 Å². The standard InChI is InChI=1S/C13H14Br2ClN3O/c1-20-5-4-19-13(11(16)7-18-19)12(17)9-3-2-8(14)6-10(9)15/h2-3,6-7,12H,4-5,17H2,1H3. The fraction of sp³-hybridized carbons (Fsp3) is 0.308. The van der Waals surface area contributed by atoms with Crippen molar-refractivity contribution >= 4 is 43.5 Å². The van der Waals surface area contributed by atoms with Crippen LogP contribution in [0.25, 0.3) is 0 Å². The average Bonchev–Trinajstić information content (AvgIpc) is 2.77. The molecule has 2 N–H and O–H groups in total. The number of hydrogen-bond acceptors (Lipinski definition) is 3. The minimum atomic E-state index is -0.357. The molecule has 0 radical (unpaired) electrons. The van der Waals surface area contributed by atoms with Crippen LogP contribution in [0.3, 0.4) is 0 Å². The lowest BCUT2D eigenvalue weighted by atomic mass is 10.0. The maximum atomic E-state index is 6.35. The zero-order chi connectivity index (χ0) is 14.7. The van der Waals surface area contributed by atoms with E-state index in [4.69, 9.17) is 22.1 Å². The summed E-state index contributed by atoms with van der Waals surface area (Å²) in [6.45, 7) is 1.17. The molecule has 2 aromatic rings. The zero-order valence-corrected chi connectivity index (χ0v) is 14.7. The summed E-state index contributed by atoms with van der Waals surface area (Å²) >= 11 is 13.2. The molecule has 2 rings (SSSR count). The van der Waals surface area contributed by atoms with E-state index in [1.165, 1.54) is 0 Å². The highest BCUT2D eigenvalue weighted by Crippen LogP contribution is 2.32. The van der Waals surface area contributed by atoms with Crippen LogP contribution >= 0.6 is 43.5 Å². The van der Waals surface area contributed by atoms with Crippen molar-refractivity contribution in [3.63, 3.8) is 0 Å². The number of aromatic nitrogens is 2. The molecule has 1 aromatic heterocycles. The van der Waals surface area contributed by atoms with Gasteiger partial charge in [0.05, 0.1) is 36.1 Å². The molecule has 4 nitrogen and oxygen atoms in total. The second-order valence-electron chi connectivity index (χ2n) is 4.24. The molecule has 0 saturated heterocycles. The van der Waals surface area contributed by atoms with Gasteiger partial charge in [0.2, 0.25) is 0 Å². The smallest absolute Gasteiger partial charge is 0.0837 e. The molecule has 0 spiro atoms. The van der Waals surface area contributed by atoms with E-state index >= 15 is 0 Å². The van der Waals surface area contributed by atoms with Gasteiger partial charge in [0.1, 0.15) is 0 Å². The summed E-state index contributed by atoms with van der Waals surface area (Å²) in [5.41, 5.74) is 8.09. The third-order valence-electron chi connectivity index (χ3n) is 2.93. The van der Waals surface area contributed by atoms with Gasteiger partial charge in [-0.25, -0.2) is 0 Å². The number of nitrogens with zero attached hydrogens (tertiary/aromatic N) is 2. The zero-order valence-electron chi connectivity index (χ0n) is 10.8. The van der Waals surface area contributed by atoms with Crippen LogP contribution in [0.1, 0.15) is 17.3 Å². The molecule has 0 aliphatic carbocycles. The molecule has 0 fully saturated rings. The lowest BCUT2D eigenvalue weighted by Gasteiger charge is -2.17. The van der Waals surface area contributed by atoms with E-state index in [0.717, 1.165) is 20.2 Å². The Bertz CT molecular complexity index is 603. The highest BCUT2D eigenvalue weighted by molar-refractivity contribution is 9.11. The molecule has 7 heteroatoms. The van der Waals surface area contributed by atoms with Crippen LogP contribution in [0.4, 0.5) is 0 Å². The van der Waals surface area contributed by atoms with Gasteiger partial charge >= 0.3 is 0 Å². The molecule has 20 heavy (non-hydrogen) atoms. The van der Waals surface area contributed by atoms with Crippen LogP contribution in [0, 0.1) is 0 Å². The lowest BCUT2D eigenvalue weighted by molar-refractivity contribution is 0.182. The quantitative estimate of drug-likeness (QED) is 0.797. The molecule has 1 aromatic carbocycles. The molecule has 0 bridgehead atoms. The summed E-state index contributed by atoms with van der Waals surface area (Å²) in [5.74, 6) is 0. The van der Waals surface area contributed by atoms with E-state index in [9.17, 15) is 0 Å². The number of nitrogens with two attached hydrogens (primary N) is 1. The first-order chi connectivity index (χ1) is 9.54. The highest BCUT2D eigenvalue weighted by atomic mass is 79.9. The monoisotopic (exact) mass is 421 g/mol. The predicted octanol–water partition coefficient (Wildman–Crippen LogP) is 3.76. The van der Waals surface area contributed by atoms with Gasteiger partial charge < -0.3 is 10.5 Å². The fourth-order valence-electron chi connectivity index (χ4n) is 1.94. The van der Waals surface area contributed by atoms with Crippen LogP contribution in [0.5, 0.6) is 0 Å². The number of halogens is 3. The molecule has 108 valence electrons. The first kappa shape index (κ1) is 16.0. The van der Waals surface area contributed by atoms with Gasteiger partial charge in [-0.3, -0.25) is 4.68 Å². The van der Waals surface area contributed by atoms with E-state index in [1.54, 1.807) is 18.0 Å². The Morgan fingerprint density at radius 2 is 2.20 bits per heavy atom. The molecule has 0 aliphatic rings. The van der Waals surface area contributed by atoms with Crippen molar-refractivity contribution in [3.8, 4) is 0 Å². The van der Waals surface area contributed by atoms with E-state index in [2.05, 4.69) is 37.0 Å². The second-order valence-corrected chi connectivity index (χ2v) is 6.41. The van der Waals surface area contributed by atoms with Crippen LogP contribution in [0.2, 0.25) is 5.02 Å². The topological polar surface area (TPSA) is 53.1 Å². The average molecular weight is 424 g/mol. The van der Waals surface area contributed by atoms with E-state index in [-0.39, 0.29) is 6.04 Å². The van der Waals surface area contributed by atoms with Gasteiger partial charge in [-0.1, -0.05) is 49.5 Å². The Labute approximate surface area is 139 Å². The third kappa shape index (κ3) is 3.43. The summed E-state index contributed by atoms with van der Waals surface area (Å²) in [4.78, 5) is 0. The molecule has 1 heterocycles. The van der Waals surface area contributed by atoms with E-state index in [0.29, 0.717) is 18.2 Å². The van der Waals surface area contributed by atoms with Crippen LogP contribution in [-0.2, 0) is 11.3 Å². The Hall–Kier alpha value is -0.400. The van der Waals surface area contributed by atoms with Crippen molar-refractivity contribution in [1.82, 2.24) is 9.78 Å². The van der Waals surface area contributed by atoms with Crippen molar-refractivity contribution in [1.29, 1.82) is 0 Å². The minimum Gasteiger partial charge on any atom is -0.383 e. The number of ether oxygens (including phenoxy) is 1. The van der Waals surface area contributed by atoms with Crippen molar-refractivity contribution in [2.45, 2.75) is 12.6 Å². The summed E-state index contributed by atoms with van der Waals surface area (Å²) in [5, 5.41) is 4.81. The number of methoxy groups -OCH3 is 1. The first-order valence-electron chi connectivity index (χ1n) is 5.95. The van der Waals surface area contributed by atoms with Crippen LogP contribution < -0.4 is 5.73 Å². The van der Waals surface area contributed by atoms with Gasteiger partial charge in [-0.15, -0.1) is 0 Å². The lowest BCUT2D eigenvalue weighted by Crippen LogP contribution is -2.20. The third-order valence-corrected chi connectivity index (χ3v) is 4.40. The summed E-state index contributed by atoms with van der Waals surface area (Å²) in [6.07, 6.45) is 1.61. The predicted molar refractivity (Wildman–Crippen MR) is 87.0 cm³/mol. The largest absolute Gasteiger partial charge is 0.383 e. The molecule has 1 unspecified atom stereocenters. The summed E-state index contributed by atoms with van der Waals surface area (Å²) < 4.78 is 8.77. The van der Waals surface area contributed by atoms with Crippen molar-refractivity contribution < 1.29 is 4.74 Å². The van der Waals surface area contributed by atoms with E-state index < -0.39 is 0 Å². The van der Waals surface area contributed by atoms with Crippen LogP contribution in [0.15, 0.2) is 33.3 Å². The normalized spacial score (nSPS) is 12.7. The number of hydrogen-bond donors (Lipinski definition) is 1. The summed E-state index contributed by atoms with van der Waals surface area (Å²) in [7, 11) is 1.65. The SMILES string of the molecule is COCCn1ncc(Cl)c1C(N)c1ccc(Br)cc1Br. The molecule has 1 atom stereocenters. The Balaban J connectivity index is 2.37. The van der Waals surface area contributed by atoms with Crippen molar-refractivity contribution in [2.24, 2.45) is 5.73 Å². The molecule has 0 saturated carbocycles. The Kier molecular flexibility index (Phi) is 5.63. The van der Waals surface area contributed by atoms with Gasteiger partial charge in [0.15, 0.2) is 0 Å². The van der Waals surface area contributed by atoms with Gasteiger partial charge in [0.25, 0.3) is 0 Å². The molecular weight excluding hydrogens is 409 g/mol.